The van der Waals surface area contributed by atoms with Gasteiger partial charge in [0.1, 0.15) is 0 Å². The second kappa shape index (κ2) is 11.0. The summed E-state index contributed by atoms with van der Waals surface area (Å²) < 4.78 is 25.1. The number of benzene rings is 1. The number of hydrogen-bond donors (Lipinski definition) is 0. The van der Waals surface area contributed by atoms with Crippen LogP contribution >= 0.6 is 0 Å². The van der Waals surface area contributed by atoms with Crippen molar-refractivity contribution in [1.29, 1.82) is 0 Å². The molecule has 2 aromatic rings. The van der Waals surface area contributed by atoms with E-state index in [-0.39, 0.29) is 57.6 Å². The summed E-state index contributed by atoms with van der Waals surface area (Å²) >= 11 is 0. The number of para-hydroxylation sites is 1. The van der Waals surface area contributed by atoms with Crippen LogP contribution in [0.3, 0.4) is 0 Å². The number of allylic oxidation sites excluding steroid dienone is 3. The predicted octanol–water partition coefficient (Wildman–Crippen LogP) is 7.51. The monoisotopic (exact) mass is 687 g/mol. The Bertz CT molecular complexity index is 1800. The molecule has 9 heteroatoms. The van der Waals surface area contributed by atoms with Crippen molar-refractivity contribution < 1.29 is 13.9 Å². The molecule has 2 bridgehead atoms. The SMILES string of the molecule is C[C@H](OC1CCCCO1)[C@H]1CC[C@@H]2[C@]1(C)CC[C@H]1[C@]23C=C[C@]2(C[C@@H](O[Si](C)(C)C(C)(C)C)C=C[C@]12C)n1c(=O)n(-c2ccccc2)c(=O)n13. The number of ether oxygens (including phenoxy) is 2. The van der Waals surface area contributed by atoms with Crippen molar-refractivity contribution in [3.05, 3.63) is 75.6 Å². The molecule has 2 spiro atoms. The maximum Gasteiger partial charge on any atom is 0.352 e. The second-order valence-electron chi connectivity index (χ2n) is 18.2. The number of fused-ring (bicyclic) bond motifs is 1. The highest BCUT2D eigenvalue weighted by atomic mass is 28.4. The molecule has 10 atom stereocenters. The Kier molecular flexibility index (Phi) is 7.57. The van der Waals surface area contributed by atoms with Gasteiger partial charge in [0.2, 0.25) is 0 Å². The number of rotatable bonds is 6. The molecule has 266 valence electrons. The highest BCUT2D eigenvalue weighted by molar-refractivity contribution is 6.74. The van der Waals surface area contributed by atoms with Gasteiger partial charge in [0.25, 0.3) is 0 Å². The van der Waals surface area contributed by atoms with Gasteiger partial charge in [0, 0.05) is 18.4 Å². The van der Waals surface area contributed by atoms with Crippen LogP contribution < -0.4 is 11.4 Å². The van der Waals surface area contributed by atoms with Crippen LogP contribution in [0.2, 0.25) is 18.1 Å². The molecule has 49 heavy (non-hydrogen) atoms. The van der Waals surface area contributed by atoms with Crippen molar-refractivity contribution in [1.82, 2.24) is 13.9 Å². The first-order chi connectivity index (χ1) is 23.1. The molecule has 0 radical (unpaired) electrons. The van der Waals surface area contributed by atoms with Crippen molar-refractivity contribution in [2.24, 2.45) is 28.6 Å². The van der Waals surface area contributed by atoms with Crippen molar-refractivity contribution in [2.45, 2.75) is 141 Å². The van der Waals surface area contributed by atoms with Crippen LogP contribution in [0.4, 0.5) is 0 Å². The summed E-state index contributed by atoms with van der Waals surface area (Å²) in [4.78, 5) is 30.0. The van der Waals surface area contributed by atoms with E-state index in [0.29, 0.717) is 18.0 Å². The lowest BCUT2D eigenvalue weighted by atomic mass is 9.41. The lowest BCUT2D eigenvalue weighted by Crippen LogP contribution is -2.76. The van der Waals surface area contributed by atoms with Crippen LogP contribution in [-0.2, 0) is 25.0 Å². The molecule has 2 saturated carbocycles. The Morgan fingerprint density at radius 3 is 2.35 bits per heavy atom. The fourth-order valence-electron chi connectivity index (χ4n) is 11.5. The van der Waals surface area contributed by atoms with Gasteiger partial charge in [0.05, 0.1) is 29.0 Å². The van der Waals surface area contributed by atoms with Gasteiger partial charge in [-0.2, -0.15) is 0 Å². The zero-order chi connectivity index (χ0) is 34.8. The summed E-state index contributed by atoms with van der Waals surface area (Å²) in [6.07, 6.45) is 17.1. The van der Waals surface area contributed by atoms with E-state index in [1.54, 1.807) is 0 Å². The Hall–Kier alpha value is -2.46. The lowest BCUT2D eigenvalue weighted by molar-refractivity contribution is -0.211. The van der Waals surface area contributed by atoms with Gasteiger partial charge in [-0.25, -0.2) is 23.5 Å². The summed E-state index contributed by atoms with van der Waals surface area (Å²) in [6.45, 7) is 19.2. The minimum Gasteiger partial charge on any atom is -0.410 e. The molecule has 1 saturated heterocycles. The highest BCUT2D eigenvalue weighted by Crippen LogP contribution is 2.73. The molecule has 4 aliphatic carbocycles. The third-order valence-electron chi connectivity index (χ3n) is 15.0. The van der Waals surface area contributed by atoms with Crippen LogP contribution in [0.5, 0.6) is 0 Å². The van der Waals surface area contributed by atoms with E-state index in [0.717, 1.165) is 51.6 Å². The molecular weight excluding hydrogens is 631 g/mol. The maximum absolute atomic E-state index is 15.1. The van der Waals surface area contributed by atoms with E-state index in [4.69, 9.17) is 13.9 Å². The highest BCUT2D eigenvalue weighted by Gasteiger charge is 2.74. The van der Waals surface area contributed by atoms with E-state index >= 15 is 4.79 Å². The quantitative estimate of drug-likeness (QED) is 0.232. The van der Waals surface area contributed by atoms with Gasteiger partial charge >= 0.3 is 11.4 Å². The zero-order valence-electron chi connectivity index (χ0n) is 30.9. The van der Waals surface area contributed by atoms with Gasteiger partial charge < -0.3 is 13.9 Å². The minimum absolute atomic E-state index is 0.0486. The molecule has 1 aromatic heterocycles. The van der Waals surface area contributed by atoms with Crippen molar-refractivity contribution in [3.8, 4) is 5.69 Å². The Morgan fingerprint density at radius 2 is 1.65 bits per heavy atom. The Balaban J connectivity index is 1.28. The number of nitrogens with zero attached hydrogens (tertiary/aromatic N) is 3. The lowest BCUT2D eigenvalue weighted by Gasteiger charge is -2.70. The average molecular weight is 688 g/mol. The topological polar surface area (TPSA) is 76.6 Å². The largest absolute Gasteiger partial charge is 0.410 e. The first kappa shape index (κ1) is 33.7. The van der Waals surface area contributed by atoms with E-state index in [9.17, 15) is 4.79 Å². The van der Waals surface area contributed by atoms with Crippen LogP contribution in [0, 0.1) is 28.6 Å². The van der Waals surface area contributed by atoms with Crippen molar-refractivity contribution in [3.63, 3.8) is 0 Å². The Labute approximate surface area is 292 Å². The molecule has 9 rings (SSSR count). The van der Waals surface area contributed by atoms with Crippen molar-refractivity contribution >= 4 is 8.32 Å². The van der Waals surface area contributed by atoms with Crippen LogP contribution in [-0.4, -0.2) is 47.4 Å². The Morgan fingerprint density at radius 1 is 0.918 bits per heavy atom. The van der Waals surface area contributed by atoms with E-state index in [1.807, 2.05) is 39.7 Å². The van der Waals surface area contributed by atoms with Crippen LogP contribution in [0.15, 0.2) is 64.2 Å². The molecule has 0 N–H and O–H groups in total. The first-order valence-electron chi connectivity index (χ1n) is 19.0. The molecule has 3 fully saturated rings. The van der Waals surface area contributed by atoms with Gasteiger partial charge in [0.15, 0.2) is 14.6 Å². The summed E-state index contributed by atoms with van der Waals surface area (Å²) in [5, 5.41) is 0.0513. The summed E-state index contributed by atoms with van der Waals surface area (Å²) in [7, 11) is -2.13. The molecule has 4 heterocycles. The predicted molar refractivity (Wildman–Crippen MR) is 194 cm³/mol. The second-order valence-corrected chi connectivity index (χ2v) is 23.0. The molecule has 1 unspecified atom stereocenters. The standard InChI is InChI=1S/C40H57N3O5Si/c1-27(47-33-16-12-13-25-46-33)30-17-18-31-37(30,5)21-20-32-38(6)22-19-29(48-49(7,8)36(2,3)4)26-39(38)23-24-40(31,32)43-35(45)41(34(44)42(39)43)28-14-10-9-11-15-28/h9-11,14-15,19,22-24,27,29-33H,12-13,16-18,20-21,25-26H2,1-8H3/t27-,29-,30+,31+,32+,33?,37+,38+,39+,40-/m0/s1. The van der Waals surface area contributed by atoms with Gasteiger partial charge in [-0.15, -0.1) is 0 Å². The van der Waals surface area contributed by atoms with Crippen LogP contribution in [0.25, 0.3) is 5.69 Å². The molecule has 7 aliphatic rings. The third kappa shape index (κ3) is 4.43. The van der Waals surface area contributed by atoms with E-state index in [2.05, 4.69) is 78.9 Å². The van der Waals surface area contributed by atoms with Gasteiger partial charge in [-0.05, 0) is 105 Å². The molecular formula is C40H57N3O5Si. The zero-order valence-corrected chi connectivity index (χ0v) is 31.9. The number of hydrogen-bond acceptors (Lipinski definition) is 5. The van der Waals surface area contributed by atoms with Gasteiger partial charge in [-0.3, -0.25) is 0 Å². The smallest absolute Gasteiger partial charge is 0.352 e. The minimum atomic E-state index is -2.13. The summed E-state index contributed by atoms with van der Waals surface area (Å²) in [5.41, 5.74) is -1.65. The van der Waals surface area contributed by atoms with Gasteiger partial charge in [-0.1, -0.05) is 77.1 Å². The first-order valence-corrected chi connectivity index (χ1v) is 21.9. The maximum atomic E-state index is 15.1. The van der Waals surface area contributed by atoms with Crippen LogP contribution in [0.1, 0.15) is 92.9 Å². The fraction of sp³-hybridized carbons (Fsp3) is 0.700. The van der Waals surface area contributed by atoms with Crippen molar-refractivity contribution in [2.75, 3.05) is 6.61 Å². The average Bonchev–Trinajstić information content (AvgIpc) is 3.56. The summed E-state index contributed by atoms with van der Waals surface area (Å²) in [6, 6.07) is 9.50. The third-order valence-corrected chi connectivity index (χ3v) is 19.5. The molecule has 1 aromatic carbocycles. The normalized spacial score (nSPS) is 40.0. The summed E-state index contributed by atoms with van der Waals surface area (Å²) in [5.74, 6) is 0.677. The molecule has 8 nitrogen and oxygen atoms in total. The van der Waals surface area contributed by atoms with E-state index in [1.165, 1.54) is 4.57 Å². The van der Waals surface area contributed by atoms with E-state index < -0.39 is 19.4 Å². The fourth-order valence-corrected chi connectivity index (χ4v) is 12.8. The molecule has 3 aliphatic heterocycles. The number of aromatic nitrogens is 3. The molecule has 0 amide bonds.